The second kappa shape index (κ2) is 11.1. The highest BCUT2D eigenvalue weighted by Crippen LogP contribution is 2.59. The Labute approximate surface area is 367 Å². The number of pyridine rings is 1. The van der Waals surface area contributed by atoms with Crippen LogP contribution < -0.4 is 21.4 Å². The lowest BCUT2D eigenvalue weighted by molar-refractivity contribution is 0.331. The molecular formula is C57H61BN4. The van der Waals surface area contributed by atoms with Crippen molar-refractivity contribution in [3.05, 3.63) is 107 Å². The molecule has 3 aliphatic rings. The fourth-order valence-electron chi connectivity index (χ4n) is 12.0. The van der Waals surface area contributed by atoms with E-state index in [2.05, 4.69) is 204 Å². The molecule has 12 rings (SSSR count). The fourth-order valence-corrected chi connectivity index (χ4v) is 12.0. The molecule has 0 unspecified atom stereocenters. The molecule has 7 heterocycles. The van der Waals surface area contributed by atoms with E-state index in [0.717, 1.165) is 0 Å². The SMILES string of the molecule is CC(C)(C)c1ccc2c(c1)c1cc(C(C)(C)C)cc3c1n2-c1c2c(c4c5cc(C(C)(C)C)ccc5n5c6ccc(C(C)(C)C)cc6c1c45)N1c4c(ccnc4B23)C(C)(C)C1(C)C. The van der Waals surface area contributed by atoms with Crippen molar-refractivity contribution < 1.29 is 0 Å². The lowest BCUT2D eigenvalue weighted by atomic mass is 9.35. The summed E-state index contributed by atoms with van der Waals surface area (Å²) in [5, 5.41) is 8.10. The predicted molar refractivity (Wildman–Crippen MR) is 268 cm³/mol. The van der Waals surface area contributed by atoms with Gasteiger partial charge in [-0.3, -0.25) is 4.98 Å². The van der Waals surface area contributed by atoms with Gasteiger partial charge in [-0.25, -0.2) is 0 Å². The fraction of sp³-hybridized carbons (Fsp3) is 0.386. The molecule has 4 aromatic heterocycles. The Bertz CT molecular complexity index is 3510. The first-order valence-corrected chi connectivity index (χ1v) is 23.1. The minimum absolute atomic E-state index is 0.00826. The standard InChI is InChI=1S/C57H61BN4/c1-52(2,3)30-17-20-40-34(25-30)35-28-33(55(10,11)12)29-39-46(35)61(40)49-43-36-26-31(53(4,5)6)18-21-41(36)60-42-22-19-32(54(7,8)9)27-37(42)44(48(43)60)50-45(49)58(39)51-47-38(23-24-59-51)56(13,14)57(15,16)62(47)50/h17-29H,1-16H3. The molecule has 0 saturated heterocycles. The van der Waals surface area contributed by atoms with Gasteiger partial charge in [-0.05, 0) is 123 Å². The van der Waals surface area contributed by atoms with E-state index in [1.54, 1.807) is 0 Å². The van der Waals surface area contributed by atoms with Crippen molar-refractivity contribution in [3.63, 3.8) is 0 Å². The number of anilines is 2. The molecule has 0 N–H and O–H groups in total. The molecule has 0 atom stereocenters. The number of hydrogen-bond acceptors (Lipinski definition) is 2. The molecular weight excluding hydrogens is 751 g/mol. The van der Waals surface area contributed by atoms with Crippen LogP contribution in [0.25, 0.3) is 65.6 Å². The summed E-state index contributed by atoms with van der Waals surface area (Å²) >= 11 is 0. The van der Waals surface area contributed by atoms with Crippen molar-refractivity contribution in [1.29, 1.82) is 0 Å². The molecule has 4 nitrogen and oxygen atoms in total. The first-order chi connectivity index (χ1) is 28.8. The van der Waals surface area contributed by atoms with Gasteiger partial charge in [0.2, 0.25) is 0 Å². The third kappa shape index (κ3) is 4.43. The van der Waals surface area contributed by atoms with Gasteiger partial charge in [0, 0.05) is 66.3 Å². The summed E-state index contributed by atoms with van der Waals surface area (Å²) in [4.78, 5) is 8.35. The van der Waals surface area contributed by atoms with Crippen LogP contribution >= 0.6 is 0 Å². The van der Waals surface area contributed by atoms with Crippen LogP contribution in [0.3, 0.4) is 0 Å². The summed E-state index contributed by atoms with van der Waals surface area (Å²) in [5.41, 5.74) is 20.9. The van der Waals surface area contributed by atoms with Crippen LogP contribution in [0, 0.1) is 0 Å². The molecule has 5 aromatic carbocycles. The van der Waals surface area contributed by atoms with Crippen molar-refractivity contribution in [2.24, 2.45) is 0 Å². The van der Waals surface area contributed by atoms with Gasteiger partial charge in [-0.15, -0.1) is 0 Å². The molecule has 0 radical (unpaired) electrons. The van der Waals surface area contributed by atoms with E-state index in [1.165, 1.54) is 121 Å². The summed E-state index contributed by atoms with van der Waals surface area (Å²) in [6.45, 7) is 38.1. The number of benzene rings is 5. The van der Waals surface area contributed by atoms with E-state index in [0.29, 0.717) is 0 Å². The molecule has 3 aliphatic heterocycles. The van der Waals surface area contributed by atoms with Crippen LogP contribution in [-0.4, -0.2) is 26.2 Å². The molecule has 62 heavy (non-hydrogen) atoms. The van der Waals surface area contributed by atoms with Crippen molar-refractivity contribution in [1.82, 2.24) is 14.0 Å². The molecule has 9 aromatic rings. The van der Waals surface area contributed by atoms with Crippen LogP contribution in [-0.2, 0) is 27.1 Å². The van der Waals surface area contributed by atoms with Crippen LogP contribution in [0.5, 0.6) is 0 Å². The smallest absolute Gasteiger partial charge is 0.275 e. The number of hydrogen-bond donors (Lipinski definition) is 0. The van der Waals surface area contributed by atoms with Crippen molar-refractivity contribution in [2.75, 3.05) is 4.90 Å². The first kappa shape index (κ1) is 38.4. The van der Waals surface area contributed by atoms with Gasteiger partial charge in [0.05, 0.1) is 33.4 Å². The maximum absolute atomic E-state index is 5.56. The Morgan fingerprint density at radius 3 is 1.55 bits per heavy atom. The van der Waals surface area contributed by atoms with Gasteiger partial charge in [0.25, 0.3) is 6.71 Å². The minimum Gasteiger partial charge on any atom is -0.334 e. The molecule has 0 saturated carbocycles. The highest BCUT2D eigenvalue weighted by molar-refractivity contribution is 7.00. The number of fused-ring (bicyclic) bond motifs is 15. The van der Waals surface area contributed by atoms with Crippen LogP contribution in [0.4, 0.5) is 11.4 Å². The molecule has 312 valence electrons. The predicted octanol–water partition coefficient (Wildman–Crippen LogP) is 12.9. The average molecular weight is 813 g/mol. The zero-order valence-electron chi connectivity index (χ0n) is 39.9. The van der Waals surface area contributed by atoms with Gasteiger partial charge in [0.1, 0.15) is 0 Å². The minimum atomic E-state index is -0.264. The quantitative estimate of drug-likeness (QED) is 0.143. The molecule has 0 aliphatic carbocycles. The Hall–Kier alpha value is -5.29. The summed E-state index contributed by atoms with van der Waals surface area (Å²) in [6, 6.07) is 29.5. The van der Waals surface area contributed by atoms with Crippen LogP contribution in [0.1, 0.15) is 139 Å². The second-order valence-corrected chi connectivity index (χ2v) is 24.6. The lowest BCUT2D eigenvalue weighted by Gasteiger charge is -2.47. The van der Waals surface area contributed by atoms with Gasteiger partial charge < -0.3 is 13.9 Å². The molecule has 5 heteroatoms. The van der Waals surface area contributed by atoms with Gasteiger partial charge in [-0.1, -0.05) is 121 Å². The number of nitrogens with zero attached hydrogens (tertiary/aromatic N) is 4. The third-order valence-electron chi connectivity index (χ3n) is 16.3. The summed E-state index contributed by atoms with van der Waals surface area (Å²) in [5.74, 6) is 0. The lowest BCUT2D eigenvalue weighted by Crippen LogP contribution is -2.63. The summed E-state index contributed by atoms with van der Waals surface area (Å²) in [7, 11) is 0. The van der Waals surface area contributed by atoms with Crippen LogP contribution in [0.2, 0.25) is 0 Å². The van der Waals surface area contributed by atoms with Gasteiger partial charge >= 0.3 is 0 Å². The summed E-state index contributed by atoms with van der Waals surface area (Å²) in [6.07, 6.45) is 2.12. The monoisotopic (exact) mass is 812 g/mol. The third-order valence-corrected chi connectivity index (χ3v) is 16.3. The Morgan fingerprint density at radius 2 is 1.00 bits per heavy atom. The molecule has 0 spiro atoms. The van der Waals surface area contributed by atoms with Crippen molar-refractivity contribution >= 4 is 94.5 Å². The zero-order valence-corrected chi connectivity index (χ0v) is 39.9. The molecule has 0 fully saturated rings. The number of aromatic nitrogens is 3. The Kier molecular flexibility index (Phi) is 6.86. The van der Waals surface area contributed by atoms with Crippen molar-refractivity contribution in [3.8, 4) is 5.69 Å². The summed E-state index contributed by atoms with van der Waals surface area (Å²) < 4.78 is 5.38. The van der Waals surface area contributed by atoms with E-state index in [-0.39, 0.29) is 39.3 Å². The topological polar surface area (TPSA) is 25.5 Å². The molecule has 0 amide bonds. The zero-order chi connectivity index (χ0) is 43.9. The van der Waals surface area contributed by atoms with Gasteiger partial charge in [0.15, 0.2) is 0 Å². The average Bonchev–Trinajstić information content (AvgIpc) is 3.85. The van der Waals surface area contributed by atoms with E-state index in [4.69, 9.17) is 4.98 Å². The van der Waals surface area contributed by atoms with E-state index in [9.17, 15) is 0 Å². The van der Waals surface area contributed by atoms with Crippen LogP contribution in [0.15, 0.2) is 79.0 Å². The van der Waals surface area contributed by atoms with Crippen molar-refractivity contribution in [2.45, 2.75) is 143 Å². The van der Waals surface area contributed by atoms with E-state index in [1.807, 2.05) is 0 Å². The first-order valence-electron chi connectivity index (χ1n) is 23.1. The highest BCUT2D eigenvalue weighted by atomic mass is 15.3. The maximum atomic E-state index is 5.56. The normalized spacial score (nSPS) is 16.9. The van der Waals surface area contributed by atoms with E-state index < -0.39 is 0 Å². The second-order valence-electron chi connectivity index (χ2n) is 24.6. The van der Waals surface area contributed by atoms with E-state index >= 15 is 0 Å². The Balaban J connectivity index is 1.42. The number of rotatable bonds is 0. The molecule has 0 bridgehead atoms. The van der Waals surface area contributed by atoms with Gasteiger partial charge in [-0.2, -0.15) is 0 Å². The Morgan fingerprint density at radius 1 is 0.500 bits per heavy atom. The highest BCUT2D eigenvalue weighted by Gasteiger charge is 2.58. The largest absolute Gasteiger partial charge is 0.334 e. The maximum Gasteiger partial charge on any atom is 0.275 e.